The van der Waals surface area contributed by atoms with Crippen molar-refractivity contribution in [1.82, 2.24) is 14.5 Å². The Bertz CT molecular complexity index is 1000. The largest absolute Gasteiger partial charge is 0.465 e. The molecule has 1 aromatic carbocycles. The number of carbonyl (C=O) groups is 1. The zero-order chi connectivity index (χ0) is 17.9. The van der Waals surface area contributed by atoms with Crippen molar-refractivity contribution in [1.29, 1.82) is 0 Å². The minimum atomic E-state index is -0.0760. The monoisotopic (exact) mass is 349 g/mol. The van der Waals surface area contributed by atoms with Gasteiger partial charge in [-0.3, -0.25) is 14.2 Å². The fourth-order valence-electron chi connectivity index (χ4n) is 3.37. The number of piperidine rings is 1. The number of benzene rings is 1. The molecule has 1 atom stereocenters. The molecule has 1 fully saturated rings. The number of nitrogens with zero attached hydrogens (tertiary/aromatic N) is 3. The third-order valence-corrected chi connectivity index (χ3v) is 4.73. The van der Waals surface area contributed by atoms with E-state index in [4.69, 9.17) is 4.42 Å². The van der Waals surface area contributed by atoms with Gasteiger partial charge in [-0.25, -0.2) is 4.98 Å². The molecule has 0 spiro atoms. The maximum absolute atomic E-state index is 12.8. The van der Waals surface area contributed by atoms with Gasteiger partial charge in [-0.05, 0) is 43.2 Å². The predicted molar refractivity (Wildman–Crippen MR) is 98.6 cm³/mol. The first kappa shape index (κ1) is 16.3. The van der Waals surface area contributed by atoms with Crippen molar-refractivity contribution in [3.05, 3.63) is 71.2 Å². The molecule has 1 aliphatic rings. The molecule has 0 bridgehead atoms. The van der Waals surface area contributed by atoms with Crippen LogP contribution in [0.3, 0.4) is 0 Å². The number of carbonyl (C=O) groups excluding carboxylic acids is 1. The number of aromatic nitrogens is 2. The second-order valence-electron chi connectivity index (χ2n) is 6.40. The number of furan rings is 1. The van der Waals surface area contributed by atoms with Gasteiger partial charge in [-0.2, -0.15) is 0 Å². The van der Waals surface area contributed by atoms with E-state index in [0.29, 0.717) is 29.8 Å². The van der Waals surface area contributed by atoms with E-state index in [1.165, 1.54) is 6.08 Å². The van der Waals surface area contributed by atoms with E-state index in [0.717, 1.165) is 12.8 Å². The van der Waals surface area contributed by atoms with Crippen molar-refractivity contribution in [2.45, 2.75) is 18.9 Å². The lowest BCUT2D eigenvalue weighted by atomic mass is 10.0. The van der Waals surface area contributed by atoms with E-state index in [-0.39, 0.29) is 17.5 Å². The highest BCUT2D eigenvalue weighted by Crippen LogP contribution is 2.21. The summed E-state index contributed by atoms with van der Waals surface area (Å²) in [6, 6.07) is 10.8. The number of para-hydroxylation sites is 1. The number of likely N-dealkylation sites (tertiary alicyclic amines) is 1. The van der Waals surface area contributed by atoms with Gasteiger partial charge in [0.15, 0.2) is 0 Å². The highest BCUT2D eigenvalue weighted by molar-refractivity contribution is 5.91. The highest BCUT2D eigenvalue weighted by Gasteiger charge is 2.24. The molecular weight excluding hydrogens is 330 g/mol. The maximum atomic E-state index is 12.8. The fraction of sp³-hybridized carbons (Fsp3) is 0.250. The van der Waals surface area contributed by atoms with E-state index in [1.807, 2.05) is 18.2 Å². The van der Waals surface area contributed by atoms with Crippen LogP contribution in [0.15, 0.2) is 64.3 Å². The zero-order valence-electron chi connectivity index (χ0n) is 14.2. The quantitative estimate of drug-likeness (QED) is 0.682. The molecule has 132 valence electrons. The lowest BCUT2D eigenvalue weighted by Crippen LogP contribution is -2.42. The van der Waals surface area contributed by atoms with Crippen LogP contribution in [0.1, 0.15) is 24.6 Å². The van der Waals surface area contributed by atoms with Crippen LogP contribution in [0.25, 0.3) is 17.0 Å². The Kier molecular flexibility index (Phi) is 4.39. The van der Waals surface area contributed by atoms with E-state index in [9.17, 15) is 9.59 Å². The molecule has 0 saturated carbocycles. The van der Waals surface area contributed by atoms with Gasteiger partial charge in [-0.15, -0.1) is 0 Å². The number of fused-ring (bicyclic) bond motifs is 1. The van der Waals surface area contributed by atoms with E-state index < -0.39 is 0 Å². The first-order valence-electron chi connectivity index (χ1n) is 8.69. The molecule has 3 heterocycles. The number of amides is 1. The Morgan fingerprint density at radius 1 is 1.23 bits per heavy atom. The summed E-state index contributed by atoms with van der Waals surface area (Å²) in [6.45, 7) is 1.19. The Morgan fingerprint density at radius 2 is 2.12 bits per heavy atom. The summed E-state index contributed by atoms with van der Waals surface area (Å²) in [5.41, 5.74) is 0.639. The molecule has 1 saturated heterocycles. The van der Waals surface area contributed by atoms with Crippen LogP contribution in [0.2, 0.25) is 0 Å². The Morgan fingerprint density at radius 3 is 2.96 bits per heavy atom. The van der Waals surface area contributed by atoms with Gasteiger partial charge in [0.25, 0.3) is 5.56 Å². The van der Waals surface area contributed by atoms with Crippen LogP contribution < -0.4 is 5.56 Å². The second-order valence-corrected chi connectivity index (χ2v) is 6.40. The van der Waals surface area contributed by atoms with Gasteiger partial charge in [0, 0.05) is 19.2 Å². The van der Waals surface area contributed by atoms with Crippen LogP contribution >= 0.6 is 0 Å². The molecular formula is C20H19N3O3. The Balaban J connectivity index is 1.54. The minimum absolute atomic E-state index is 0.0546. The molecule has 0 aliphatic carbocycles. The number of hydrogen-bond acceptors (Lipinski definition) is 4. The lowest BCUT2D eigenvalue weighted by Gasteiger charge is -2.33. The molecule has 3 aromatic rings. The topological polar surface area (TPSA) is 68.3 Å². The molecule has 0 unspecified atom stereocenters. The van der Waals surface area contributed by atoms with Crippen LogP contribution in [0.4, 0.5) is 0 Å². The number of hydrogen-bond donors (Lipinski definition) is 0. The molecule has 6 heteroatoms. The first-order chi connectivity index (χ1) is 12.7. The van der Waals surface area contributed by atoms with Gasteiger partial charge >= 0.3 is 0 Å². The smallest absolute Gasteiger partial charge is 0.261 e. The van der Waals surface area contributed by atoms with Crippen molar-refractivity contribution in [2.24, 2.45) is 0 Å². The highest BCUT2D eigenvalue weighted by atomic mass is 16.3. The molecule has 2 aromatic heterocycles. The summed E-state index contributed by atoms with van der Waals surface area (Å²) in [7, 11) is 0. The van der Waals surface area contributed by atoms with Crippen LogP contribution in [-0.2, 0) is 4.79 Å². The molecule has 26 heavy (non-hydrogen) atoms. The average Bonchev–Trinajstić information content (AvgIpc) is 3.20. The zero-order valence-corrected chi connectivity index (χ0v) is 14.2. The lowest BCUT2D eigenvalue weighted by molar-refractivity contribution is -0.127. The van der Waals surface area contributed by atoms with Crippen LogP contribution in [-0.4, -0.2) is 33.4 Å². The summed E-state index contributed by atoms with van der Waals surface area (Å²) in [4.78, 5) is 31.4. The average molecular weight is 349 g/mol. The molecule has 4 rings (SSSR count). The molecule has 1 aliphatic heterocycles. The van der Waals surface area contributed by atoms with Crippen molar-refractivity contribution < 1.29 is 9.21 Å². The molecule has 0 radical (unpaired) electrons. The maximum Gasteiger partial charge on any atom is 0.261 e. The van der Waals surface area contributed by atoms with E-state index >= 15 is 0 Å². The summed E-state index contributed by atoms with van der Waals surface area (Å²) < 4.78 is 6.87. The standard InChI is InChI=1S/C20H19N3O3/c24-19(10-9-16-6-4-12-26-16)22-11-3-5-15(13-22)23-14-21-18-8-2-1-7-17(18)20(23)25/h1-2,4,6-10,12,14-15H,3,5,11,13H2/b10-9+/t15-/m1/s1. The first-order valence-corrected chi connectivity index (χ1v) is 8.69. The van der Waals surface area contributed by atoms with Crippen molar-refractivity contribution in [3.8, 4) is 0 Å². The molecule has 0 N–H and O–H groups in total. The predicted octanol–water partition coefficient (Wildman–Crippen LogP) is 2.87. The van der Waals surface area contributed by atoms with Gasteiger partial charge in [-0.1, -0.05) is 12.1 Å². The van der Waals surface area contributed by atoms with Gasteiger partial charge in [0.2, 0.25) is 5.91 Å². The van der Waals surface area contributed by atoms with Gasteiger partial charge in [0.1, 0.15) is 5.76 Å². The molecule has 6 nitrogen and oxygen atoms in total. The van der Waals surface area contributed by atoms with Crippen LogP contribution in [0, 0.1) is 0 Å². The van der Waals surface area contributed by atoms with Crippen molar-refractivity contribution >= 4 is 22.9 Å². The SMILES string of the molecule is O=C(/C=C/c1ccco1)N1CCC[C@@H](n2cnc3ccccc3c2=O)C1. The molecule has 1 amide bonds. The minimum Gasteiger partial charge on any atom is -0.465 e. The normalized spacial score (nSPS) is 17.8. The third kappa shape index (κ3) is 3.18. The third-order valence-electron chi connectivity index (χ3n) is 4.73. The summed E-state index contributed by atoms with van der Waals surface area (Å²) in [6.07, 6.45) is 8.05. The van der Waals surface area contributed by atoms with Gasteiger partial charge in [0.05, 0.1) is 29.5 Å². The van der Waals surface area contributed by atoms with Crippen LogP contribution in [0.5, 0.6) is 0 Å². The van der Waals surface area contributed by atoms with Gasteiger partial charge < -0.3 is 9.32 Å². The summed E-state index contributed by atoms with van der Waals surface area (Å²) in [5.74, 6) is 0.565. The fourth-order valence-corrected chi connectivity index (χ4v) is 3.37. The Hall–Kier alpha value is -3.15. The van der Waals surface area contributed by atoms with E-state index in [1.54, 1.807) is 46.3 Å². The Labute approximate surface area is 150 Å². The summed E-state index contributed by atoms with van der Waals surface area (Å²) >= 11 is 0. The van der Waals surface area contributed by atoms with Crippen molar-refractivity contribution in [3.63, 3.8) is 0 Å². The van der Waals surface area contributed by atoms with E-state index in [2.05, 4.69) is 4.98 Å². The second kappa shape index (κ2) is 7.00. The van der Waals surface area contributed by atoms with Crippen molar-refractivity contribution in [2.75, 3.05) is 13.1 Å². The number of rotatable bonds is 3. The summed E-state index contributed by atoms with van der Waals surface area (Å²) in [5, 5.41) is 0.608.